The second-order valence-corrected chi connectivity index (χ2v) is 3.42. The zero-order valence-corrected chi connectivity index (χ0v) is 9.75. The van der Waals surface area contributed by atoms with Crippen LogP contribution in [0.4, 0.5) is 18.9 Å². The van der Waals surface area contributed by atoms with Gasteiger partial charge in [-0.2, -0.15) is 15.6 Å². The van der Waals surface area contributed by atoms with Crippen LogP contribution in [0.25, 0.3) is 0 Å². The van der Waals surface area contributed by atoms with Crippen molar-refractivity contribution in [3.63, 3.8) is 0 Å². The molecule has 19 heavy (non-hydrogen) atoms. The molecule has 1 aromatic rings. The van der Waals surface area contributed by atoms with Crippen LogP contribution in [0, 0.1) is 22.7 Å². The van der Waals surface area contributed by atoms with E-state index in [4.69, 9.17) is 22.1 Å². The molecule has 1 N–H and O–H groups in total. The summed E-state index contributed by atoms with van der Waals surface area (Å²) in [5.74, 6) is -0.587. The first-order chi connectivity index (χ1) is 8.85. The molecular formula is C10H4ClF3N4O. The van der Waals surface area contributed by atoms with Crippen molar-refractivity contribution in [1.29, 1.82) is 10.5 Å². The normalized spacial score (nSPS) is 10.0. The Bertz CT molecular complexity index is 570. The highest BCUT2D eigenvalue weighted by molar-refractivity contribution is 6.30. The van der Waals surface area contributed by atoms with Gasteiger partial charge in [0.2, 0.25) is 5.71 Å². The molecule has 0 radical (unpaired) electrons. The third kappa shape index (κ3) is 4.74. The van der Waals surface area contributed by atoms with E-state index in [9.17, 15) is 13.2 Å². The van der Waals surface area contributed by atoms with Crippen LogP contribution in [0.3, 0.4) is 0 Å². The molecule has 0 amide bonds. The van der Waals surface area contributed by atoms with E-state index in [1.807, 2.05) is 0 Å². The quantitative estimate of drug-likeness (QED) is 0.684. The number of nitrogens with one attached hydrogen (secondary N) is 1. The van der Waals surface area contributed by atoms with Gasteiger partial charge < -0.3 is 4.74 Å². The minimum absolute atomic E-state index is 0.127. The van der Waals surface area contributed by atoms with Crippen LogP contribution in [-0.4, -0.2) is 12.1 Å². The van der Waals surface area contributed by atoms with Crippen molar-refractivity contribution in [2.75, 3.05) is 5.43 Å². The number of halogens is 4. The van der Waals surface area contributed by atoms with Gasteiger partial charge in [-0.25, -0.2) is 0 Å². The number of hydrazone groups is 1. The minimum atomic E-state index is -4.89. The van der Waals surface area contributed by atoms with Crippen molar-refractivity contribution in [2.45, 2.75) is 6.36 Å². The van der Waals surface area contributed by atoms with Crippen LogP contribution in [0.2, 0.25) is 5.02 Å². The average molecular weight is 289 g/mol. The number of hydrogen-bond acceptors (Lipinski definition) is 5. The number of hydrogen-bond donors (Lipinski definition) is 1. The highest BCUT2D eigenvalue weighted by Gasteiger charge is 2.32. The van der Waals surface area contributed by atoms with Crippen LogP contribution in [0.5, 0.6) is 5.75 Å². The predicted octanol–water partition coefficient (Wildman–Crippen LogP) is 3.05. The molecule has 0 bridgehead atoms. The fraction of sp³-hybridized carbons (Fsp3) is 0.100. The molecule has 0 saturated carbocycles. The molecule has 0 aliphatic rings. The lowest BCUT2D eigenvalue weighted by Crippen LogP contribution is -2.18. The molecule has 0 aliphatic carbocycles. The first kappa shape index (κ1) is 14.6. The van der Waals surface area contributed by atoms with Gasteiger partial charge in [-0.15, -0.1) is 13.2 Å². The maximum atomic E-state index is 12.1. The largest absolute Gasteiger partial charge is 0.573 e. The van der Waals surface area contributed by atoms with Gasteiger partial charge in [0.25, 0.3) is 0 Å². The van der Waals surface area contributed by atoms with Crippen LogP contribution >= 0.6 is 11.6 Å². The molecule has 0 fully saturated rings. The predicted molar refractivity (Wildman–Crippen MR) is 60.4 cm³/mol. The zero-order valence-electron chi connectivity index (χ0n) is 8.99. The molecule has 5 nitrogen and oxygen atoms in total. The molecule has 0 atom stereocenters. The lowest BCUT2D eigenvalue weighted by molar-refractivity contribution is -0.274. The van der Waals surface area contributed by atoms with E-state index in [0.717, 1.165) is 12.1 Å². The summed E-state index contributed by atoms with van der Waals surface area (Å²) < 4.78 is 40.1. The Kier molecular flexibility index (Phi) is 4.56. The first-order valence-corrected chi connectivity index (χ1v) is 4.92. The summed E-state index contributed by atoms with van der Waals surface area (Å²) in [7, 11) is 0. The monoisotopic (exact) mass is 288 g/mol. The maximum absolute atomic E-state index is 12.1. The van der Waals surface area contributed by atoms with Crippen molar-refractivity contribution in [3.8, 4) is 17.9 Å². The Morgan fingerprint density at radius 2 is 1.95 bits per heavy atom. The zero-order chi connectivity index (χ0) is 14.5. The molecule has 0 aromatic heterocycles. The summed E-state index contributed by atoms with van der Waals surface area (Å²) in [5.41, 5.74) is 1.33. The fourth-order valence-electron chi connectivity index (χ4n) is 0.994. The van der Waals surface area contributed by atoms with E-state index in [1.54, 1.807) is 0 Å². The molecule has 1 aromatic carbocycles. The molecule has 0 heterocycles. The summed E-state index contributed by atoms with van der Waals surface area (Å²) in [6, 6.07) is 6.14. The highest BCUT2D eigenvalue weighted by Crippen LogP contribution is 2.32. The van der Waals surface area contributed by atoms with Crippen molar-refractivity contribution in [1.82, 2.24) is 0 Å². The number of anilines is 1. The smallest absolute Gasteiger partial charge is 0.404 e. The number of nitriles is 2. The lowest BCUT2D eigenvalue weighted by Gasteiger charge is -2.12. The standard InChI is InChI=1S/C10H4ClF3N4O/c11-6-1-2-9(19-10(12,13)14)8(3-6)18-17-7(4-15)5-16/h1-3,18H. The van der Waals surface area contributed by atoms with Crippen LogP contribution in [-0.2, 0) is 0 Å². The second-order valence-electron chi connectivity index (χ2n) is 2.98. The summed E-state index contributed by atoms with van der Waals surface area (Å²) in [6.45, 7) is 0. The number of rotatable bonds is 3. The SMILES string of the molecule is N#CC(C#N)=NNc1cc(Cl)ccc1OC(F)(F)F. The second kappa shape index (κ2) is 5.94. The molecule has 1 rings (SSSR count). The van der Waals surface area contributed by atoms with E-state index in [0.29, 0.717) is 0 Å². The Hall–Kier alpha value is -2.45. The summed E-state index contributed by atoms with van der Waals surface area (Å²) >= 11 is 5.62. The van der Waals surface area contributed by atoms with Crippen molar-refractivity contribution < 1.29 is 17.9 Å². The molecule has 98 valence electrons. The summed E-state index contributed by atoms with van der Waals surface area (Å²) in [5, 5.41) is 20.3. The Morgan fingerprint density at radius 3 is 2.47 bits per heavy atom. The van der Waals surface area contributed by atoms with Crippen LogP contribution in [0.15, 0.2) is 23.3 Å². The third-order valence-corrected chi connectivity index (χ3v) is 1.90. The Labute approximate surface area is 110 Å². The third-order valence-electron chi connectivity index (χ3n) is 1.67. The van der Waals surface area contributed by atoms with Gasteiger partial charge in [-0.1, -0.05) is 11.6 Å². The van der Waals surface area contributed by atoms with Crippen molar-refractivity contribution >= 4 is 23.0 Å². The van der Waals surface area contributed by atoms with E-state index in [2.05, 4.69) is 15.3 Å². The Balaban J connectivity index is 3.06. The topological polar surface area (TPSA) is 81.2 Å². The number of nitrogens with zero attached hydrogens (tertiary/aromatic N) is 3. The Morgan fingerprint density at radius 1 is 1.32 bits per heavy atom. The molecular weight excluding hydrogens is 285 g/mol. The highest BCUT2D eigenvalue weighted by atomic mass is 35.5. The number of ether oxygens (including phenoxy) is 1. The first-order valence-electron chi connectivity index (χ1n) is 4.55. The molecule has 0 aliphatic heterocycles. The van der Waals surface area contributed by atoms with E-state index in [1.165, 1.54) is 18.2 Å². The van der Waals surface area contributed by atoms with Crippen molar-refractivity contribution in [3.05, 3.63) is 23.2 Å². The van der Waals surface area contributed by atoms with Gasteiger partial charge in [-0.05, 0) is 18.2 Å². The van der Waals surface area contributed by atoms with Gasteiger partial charge in [-0.3, -0.25) is 5.43 Å². The van der Waals surface area contributed by atoms with Crippen LogP contribution in [0.1, 0.15) is 0 Å². The van der Waals surface area contributed by atoms with Gasteiger partial charge in [0, 0.05) is 5.02 Å². The van der Waals surface area contributed by atoms with Gasteiger partial charge >= 0.3 is 6.36 Å². The van der Waals surface area contributed by atoms with E-state index in [-0.39, 0.29) is 10.7 Å². The van der Waals surface area contributed by atoms with Gasteiger partial charge in [0.05, 0.1) is 0 Å². The van der Waals surface area contributed by atoms with E-state index >= 15 is 0 Å². The number of alkyl halides is 3. The minimum Gasteiger partial charge on any atom is -0.404 e. The molecule has 0 unspecified atom stereocenters. The summed E-state index contributed by atoms with van der Waals surface area (Å²) in [6.07, 6.45) is -4.89. The molecule has 0 saturated heterocycles. The summed E-state index contributed by atoms with van der Waals surface area (Å²) in [4.78, 5) is 0. The average Bonchev–Trinajstić information content (AvgIpc) is 2.32. The number of benzene rings is 1. The maximum Gasteiger partial charge on any atom is 0.573 e. The lowest BCUT2D eigenvalue weighted by atomic mass is 10.3. The van der Waals surface area contributed by atoms with Crippen LogP contribution < -0.4 is 10.2 Å². The van der Waals surface area contributed by atoms with Gasteiger partial charge in [0.1, 0.15) is 17.8 Å². The van der Waals surface area contributed by atoms with E-state index < -0.39 is 17.8 Å². The van der Waals surface area contributed by atoms with Gasteiger partial charge in [0.15, 0.2) is 5.75 Å². The molecule has 9 heteroatoms. The molecule has 0 spiro atoms. The fourth-order valence-corrected chi connectivity index (χ4v) is 1.17. The van der Waals surface area contributed by atoms with Crippen molar-refractivity contribution in [2.24, 2.45) is 5.10 Å².